The van der Waals surface area contributed by atoms with Crippen LogP contribution in [0.15, 0.2) is 51.5 Å². The highest BCUT2D eigenvalue weighted by atomic mass is 16.4. The lowest BCUT2D eigenvalue weighted by Crippen LogP contribution is -2.11. The topological polar surface area (TPSA) is 35.1 Å². The van der Waals surface area contributed by atoms with Gasteiger partial charge in [-0.05, 0) is 19.4 Å². The fraction of sp³-hybridized carbons (Fsp3) is 0.182. The molecule has 0 aromatic carbocycles. The maximum atomic E-state index is 11.2. The largest absolute Gasteiger partial charge is 0.423 e. The van der Waals surface area contributed by atoms with E-state index in [9.17, 15) is 4.79 Å². The van der Waals surface area contributed by atoms with Gasteiger partial charge < -0.3 is 4.42 Å². The van der Waals surface area contributed by atoms with Crippen molar-refractivity contribution in [1.82, 2.24) is 4.57 Å². The fourth-order valence-corrected chi connectivity index (χ4v) is 1.36. The zero-order valence-electron chi connectivity index (χ0n) is 7.93. The van der Waals surface area contributed by atoms with Crippen molar-refractivity contribution in [2.75, 3.05) is 0 Å². The van der Waals surface area contributed by atoms with E-state index in [1.54, 1.807) is 6.20 Å². The molecular formula is C11H11NO2. The van der Waals surface area contributed by atoms with Crippen LogP contribution in [0, 0.1) is 0 Å². The molecule has 0 fully saturated rings. The summed E-state index contributed by atoms with van der Waals surface area (Å²) in [4.78, 5) is 11.2. The third-order valence-corrected chi connectivity index (χ3v) is 2.14. The SMILES string of the molecule is CC1=CCC=C(n2ccoc2=O)C=C1. The van der Waals surface area contributed by atoms with Crippen LogP contribution >= 0.6 is 0 Å². The van der Waals surface area contributed by atoms with Crippen LogP contribution in [0.3, 0.4) is 0 Å². The standard InChI is InChI=1S/C11H11NO2/c1-9-3-2-4-10(6-5-9)12-7-8-14-11(12)13/h3-8H,2H2,1H3. The van der Waals surface area contributed by atoms with Gasteiger partial charge in [0.2, 0.25) is 0 Å². The molecule has 0 atom stereocenters. The summed E-state index contributed by atoms with van der Waals surface area (Å²) in [5.74, 6) is -0.347. The first kappa shape index (κ1) is 8.81. The summed E-state index contributed by atoms with van der Waals surface area (Å²) in [6.07, 6.45) is 11.8. The van der Waals surface area contributed by atoms with Crippen LogP contribution in [0.2, 0.25) is 0 Å². The highest BCUT2D eigenvalue weighted by Crippen LogP contribution is 2.12. The van der Waals surface area contributed by atoms with Gasteiger partial charge in [-0.25, -0.2) is 4.79 Å². The monoisotopic (exact) mass is 189 g/mol. The molecular weight excluding hydrogens is 178 g/mol. The lowest BCUT2D eigenvalue weighted by Gasteiger charge is -1.98. The highest BCUT2D eigenvalue weighted by molar-refractivity contribution is 5.59. The predicted molar refractivity (Wildman–Crippen MR) is 54.8 cm³/mol. The molecule has 14 heavy (non-hydrogen) atoms. The van der Waals surface area contributed by atoms with Crippen molar-refractivity contribution >= 4 is 5.70 Å². The Kier molecular flexibility index (Phi) is 2.23. The molecule has 0 saturated heterocycles. The molecule has 0 radical (unpaired) electrons. The van der Waals surface area contributed by atoms with E-state index in [0.717, 1.165) is 12.1 Å². The number of hydrogen-bond donors (Lipinski definition) is 0. The summed E-state index contributed by atoms with van der Waals surface area (Å²) >= 11 is 0. The second-order valence-corrected chi connectivity index (χ2v) is 3.19. The highest BCUT2D eigenvalue weighted by Gasteiger charge is 2.02. The second kappa shape index (κ2) is 3.54. The van der Waals surface area contributed by atoms with E-state index in [2.05, 4.69) is 6.08 Å². The molecule has 1 heterocycles. The minimum atomic E-state index is -0.347. The lowest BCUT2D eigenvalue weighted by atomic mass is 10.2. The molecule has 1 aromatic heterocycles. The maximum Gasteiger partial charge on any atom is 0.423 e. The zero-order chi connectivity index (χ0) is 9.97. The molecule has 0 unspecified atom stereocenters. The summed E-state index contributed by atoms with van der Waals surface area (Å²) in [5.41, 5.74) is 2.06. The number of rotatable bonds is 1. The number of aromatic nitrogens is 1. The molecule has 0 spiro atoms. The van der Waals surface area contributed by atoms with Crippen LogP contribution in [-0.4, -0.2) is 4.57 Å². The van der Waals surface area contributed by atoms with Gasteiger partial charge in [0.15, 0.2) is 0 Å². The third kappa shape index (κ3) is 1.62. The number of allylic oxidation sites excluding steroid dienone is 6. The lowest BCUT2D eigenvalue weighted by molar-refractivity contribution is 0.506. The van der Waals surface area contributed by atoms with Gasteiger partial charge in [-0.15, -0.1) is 0 Å². The molecule has 3 heteroatoms. The summed E-state index contributed by atoms with van der Waals surface area (Å²) in [5, 5.41) is 0. The Morgan fingerprint density at radius 2 is 2.21 bits per heavy atom. The van der Waals surface area contributed by atoms with E-state index in [4.69, 9.17) is 4.42 Å². The van der Waals surface area contributed by atoms with E-state index < -0.39 is 0 Å². The van der Waals surface area contributed by atoms with Crippen LogP contribution < -0.4 is 5.76 Å². The van der Waals surface area contributed by atoms with Crippen molar-refractivity contribution in [2.24, 2.45) is 0 Å². The first-order chi connectivity index (χ1) is 6.77. The van der Waals surface area contributed by atoms with Crippen molar-refractivity contribution < 1.29 is 4.42 Å². The van der Waals surface area contributed by atoms with Crippen LogP contribution in [0.5, 0.6) is 0 Å². The van der Waals surface area contributed by atoms with Gasteiger partial charge in [-0.3, -0.25) is 4.57 Å². The molecule has 1 aliphatic carbocycles. The Morgan fingerprint density at radius 3 is 2.93 bits per heavy atom. The van der Waals surface area contributed by atoms with Crippen molar-refractivity contribution in [3.63, 3.8) is 0 Å². The smallest absolute Gasteiger partial charge is 0.416 e. The van der Waals surface area contributed by atoms with E-state index in [1.165, 1.54) is 16.4 Å². The first-order valence-corrected chi connectivity index (χ1v) is 4.49. The molecule has 0 bridgehead atoms. The third-order valence-electron chi connectivity index (χ3n) is 2.14. The van der Waals surface area contributed by atoms with E-state index in [0.29, 0.717) is 0 Å². The zero-order valence-corrected chi connectivity index (χ0v) is 7.93. The number of nitrogens with zero attached hydrogens (tertiary/aromatic N) is 1. The minimum Gasteiger partial charge on any atom is -0.416 e. The Hall–Kier alpha value is -1.77. The van der Waals surface area contributed by atoms with Crippen molar-refractivity contribution in [1.29, 1.82) is 0 Å². The van der Waals surface area contributed by atoms with Gasteiger partial charge >= 0.3 is 5.76 Å². The molecule has 0 N–H and O–H groups in total. The molecule has 3 nitrogen and oxygen atoms in total. The maximum absolute atomic E-state index is 11.2. The Bertz CT molecular complexity index is 471. The van der Waals surface area contributed by atoms with Crippen LogP contribution in [-0.2, 0) is 0 Å². The van der Waals surface area contributed by atoms with Crippen molar-refractivity contribution in [2.45, 2.75) is 13.3 Å². The minimum absolute atomic E-state index is 0.347. The Labute approximate surface area is 81.7 Å². The molecule has 1 aromatic rings. The molecule has 0 aliphatic heterocycles. The molecule has 2 rings (SSSR count). The van der Waals surface area contributed by atoms with E-state index >= 15 is 0 Å². The Morgan fingerprint density at radius 1 is 1.36 bits per heavy atom. The van der Waals surface area contributed by atoms with Gasteiger partial charge in [0.25, 0.3) is 0 Å². The van der Waals surface area contributed by atoms with Crippen LogP contribution in [0.4, 0.5) is 0 Å². The second-order valence-electron chi connectivity index (χ2n) is 3.19. The van der Waals surface area contributed by atoms with Crippen molar-refractivity contribution in [3.8, 4) is 0 Å². The van der Waals surface area contributed by atoms with E-state index in [1.807, 2.05) is 25.2 Å². The number of hydrogen-bond acceptors (Lipinski definition) is 2. The summed E-state index contributed by atoms with van der Waals surface area (Å²) < 4.78 is 6.19. The summed E-state index contributed by atoms with van der Waals surface area (Å²) in [6, 6.07) is 0. The summed E-state index contributed by atoms with van der Waals surface area (Å²) in [7, 11) is 0. The van der Waals surface area contributed by atoms with Crippen molar-refractivity contribution in [3.05, 3.63) is 52.9 Å². The van der Waals surface area contributed by atoms with Gasteiger partial charge in [0, 0.05) is 5.70 Å². The number of oxazole rings is 1. The first-order valence-electron chi connectivity index (χ1n) is 4.49. The molecule has 0 saturated carbocycles. The average molecular weight is 189 g/mol. The van der Waals surface area contributed by atoms with Crippen LogP contribution in [0.25, 0.3) is 5.70 Å². The molecule has 72 valence electrons. The Balaban J connectivity index is 2.39. The quantitative estimate of drug-likeness (QED) is 0.678. The average Bonchev–Trinajstić information content (AvgIpc) is 2.46. The van der Waals surface area contributed by atoms with Gasteiger partial charge in [-0.2, -0.15) is 0 Å². The normalized spacial score (nSPS) is 16.1. The van der Waals surface area contributed by atoms with Gasteiger partial charge in [0.05, 0.1) is 6.20 Å². The van der Waals surface area contributed by atoms with Crippen LogP contribution in [0.1, 0.15) is 13.3 Å². The molecule has 1 aliphatic rings. The van der Waals surface area contributed by atoms with Gasteiger partial charge in [-0.1, -0.05) is 23.8 Å². The van der Waals surface area contributed by atoms with E-state index in [-0.39, 0.29) is 5.76 Å². The van der Waals surface area contributed by atoms with Gasteiger partial charge in [0.1, 0.15) is 6.26 Å². The predicted octanol–water partition coefficient (Wildman–Crippen LogP) is 2.19. The fourth-order valence-electron chi connectivity index (χ4n) is 1.36. The molecule has 0 amide bonds. The summed E-state index contributed by atoms with van der Waals surface area (Å²) in [6.45, 7) is 2.03.